The molecule has 0 aliphatic rings. The average Bonchev–Trinajstić information content (AvgIpc) is 2.87. The van der Waals surface area contributed by atoms with E-state index in [0.717, 1.165) is 12.1 Å². The van der Waals surface area contributed by atoms with Crippen LogP contribution in [0.3, 0.4) is 0 Å². The van der Waals surface area contributed by atoms with Crippen molar-refractivity contribution in [3.8, 4) is 0 Å². The van der Waals surface area contributed by atoms with Gasteiger partial charge >= 0.3 is 0 Å². The lowest BCUT2D eigenvalue weighted by atomic mass is 10.2. The minimum atomic E-state index is 0.761. The number of rotatable bonds is 2. The van der Waals surface area contributed by atoms with Gasteiger partial charge in [-0.15, -0.1) is 0 Å². The van der Waals surface area contributed by atoms with E-state index in [9.17, 15) is 0 Å². The molecular formula is C12H11IN4. The summed E-state index contributed by atoms with van der Waals surface area (Å²) in [5, 5.41) is 9.76. The van der Waals surface area contributed by atoms with Crippen LogP contribution in [0.4, 0.5) is 0 Å². The van der Waals surface area contributed by atoms with Gasteiger partial charge < -0.3 is 0 Å². The van der Waals surface area contributed by atoms with Crippen molar-refractivity contribution in [2.45, 2.75) is 6.54 Å². The fourth-order valence-corrected chi connectivity index (χ4v) is 2.37. The summed E-state index contributed by atoms with van der Waals surface area (Å²) in [5.74, 6) is 0. The Kier molecular flexibility index (Phi) is 2.62. The summed E-state index contributed by atoms with van der Waals surface area (Å²) < 4.78 is 5.04. The number of aryl methyl sites for hydroxylation is 1. The van der Waals surface area contributed by atoms with Gasteiger partial charge in [-0.2, -0.15) is 10.2 Å². The fraction of sp³-hybridized carbons (Fsp3) is 0.167. The van der Waals surface area contributed by atoms with Gasteiger partial charge in [-0.25, -0.2) is 0 Å². The average molecular weight is 338 g/mol. The molecule has 17 heavy (non-hydrogen) atoms. The summed E-state index contributed by atoms with van der Waals surface area (Å²) >= 11 is 2.32. The lowest BCUT2D eigenvalue weighted by Crippen LogP contribution is -2.00. The minimum Gasteiger partial charge on any atom is -0.275 e. The van der Waals surface area contributed by atoms with Crippen LogP contribution in [0.1, 0.15) is 5.56 Å². The van der Waals surface area contributed by atoms with Crippen molar-refractivity contribution in [3.05, 3.63) is 45.9 Å². The lowest BCUT2D eigenvalue weighted by molar-refractivity contribution is 0.709. The van der Waals surface area contributed by atoms with Crippen LogP contribution >= 0.6 is 22.6 Å². The molecule has 0 aliphatic carbocycles. The van der Waals surface area contributed by atoms with Gasteiger partial charge in [-0.1, -0.05) is 6.07 Å². The number of fused-ring (bicyclic) bond motifs is 1. The Balaban J connectivity index is 2.03. The van der Waals surface area contributed by atoms with Gasteiger partial charge in [0.25, 0.3) is 0 Å². The van der Waals surface area contributed by atoms with Gasteiger partial charge in [0.05, 0.1) is 24.5 Å². The summed E-state index contributed by atoms with van der Waals surface area (Å²) in [6.07, 6.45) is 5.80. The third-order valence-electron chi connectivity index (χ3n) is 2.70. The first-order valence-electron chi connectivity index (χ1n) is 5.31. The molecule has 5 heteroatoms. The van der Waals surface area contributed by atoms with Crippen LogP contribution in [-0.4, -0.2) is 19.6 Å². The molecule has 3 aromatic rings. The molecule has 3 rings (SSSR count). The van der Waals surface area contributed by atoms with Crippen LogP contribution in [0.5, 0.6) is 0 Å². The molecule has 0 spiro atoms. The van der Waals surface area contributed by atoms with Crippen molar-refractivity contribution in [2.24, 2.45) is 7.05 Å². The molecule has 0 aliphatic heterocycles. The Morgan fingerprint density at radius 2 is 2.12 bits per heavy atom. The molecular weight excluding hydrogens is 327 g/mol. The number of nitrogens with zero attached hydrogens (tertiary/aromatic N) is 4. The molecule has 0 radical (unpaired) electrons. The van der Waals surface area contributed by atoms with Crippen molar-refractivity contribution in [2.75, 3.05) is 0 Å². The van der Waals surface area contributed by atoms with Gasteiger partial charge in [0.2, 0.25) is 0 Å². The second-order valence-electron chi connectivity index (χ2n) is 4.03. The van der Waals surface area contributed by atoms with Crippen LogP contribution in [0.15, 0.2) is 36.8 Å². The van der Waals surface area contributed by atoms with Crippen LogP contribution in [0.2, 0.25) is 0 Å². The summed E-state index contributed by atoms with van der Waals surface area (Å²) in [4.78, 5) is 0. The van der Waals surface area contributed by atoms with Crippen LogP contribution in [-0.2, 0) is 13.6 Å². The smallest absolute Gasteiger partial charge is 0.0697 e. The maximum Gasteiger partial charge on any atom is 0.0697 e. The zero-order chi connectivity index (χ0) is 11.8. The van der Waals surface area contributed by atoms with Gasteiger partial charge in [-0.3, -0.25) is 9.36 Å². The van der Waals surface area contributed by atoms with Crippen molar-refractivity contribution >= 4 is 33.5 Å². The molecule has 2 aromatic heterocycles. The molecule has 0 N–H and O–H groups in total. The Bertz CT molecular complexity index is 668. The van der Waals surface area contributed by atoms with Gasteiger partial charge in [0.1, 0.15) is 0 Å². The highest BCUT2D eigenvalue weighted by molar-refractivity contribution is 14.1. The van der Waals surface area contributed by atoms with Crippen molar-refractivity contribution in [3.63, 3.8) is 0 Å². The highest BCUT2D eigenvalue weighted by atomic mass is 127. The molecule has 1 aromatic carbocycles. The third-order valence-corrected chi connectivity index (χ3v) is 3.37. The second kappa shape index (κ2) is 4.14. The zero-order valence-corrected chi connectivity index (χ0v) is 11.5. The molecule has 86 valence electrons. The number of hydrogen-bond acceptors (Lipinski definition) is 2. The van der Waals surface area contributed by atoms with Gasteiger partial charge in [-0.05, 0) is 34.7 Å². The number of hydrogen-bond donors (Lipinski definition) is 0. The number of halogens is 1. The normalized spacial score (nSPS) is 11.2. The van der Waals surface area contributed by atoms with E-state index >= 15 is 0 Å². The molecule has 0 unspecified atom stereocenters. The first kappa shape index (κ1) is 10.8. The highest BCUT2D eigenvalue weighted by Crippen LogP contribution is 2.17. The molecule has 0 saturated heterocycles. The van der Waals surface area contributed by atoms with Gasteiger partial charge in [0, 0.05) is 27.8 Å². The van der Waals surface area contributed by atoms with Crippen molar-refractivity contribution < 1.29 is 0 Å². The van der Waals surface area contributed by atoms with Crippen LogP contribution in [0, 0.1) is 3.57 Å². The lowest BCUT2D eigenvalue weighted by Gasteiger charge is -2.01. The summed E-state index contributed by atoms with van der Waals surface area (Å²) in [7, 11) is 1.92. The molecule has 0 atom stereocenters. The van der Waals surface area contributed by atoms with Gasteiger partial charge in [0.15, 0.2) is 0 Å². The Morgan fingerprint density at radius 3 is 2.88 bits per heavy atom. The fourth-order valence-electron chi connectivity index (χ4n) is 1.90. The predicted molar refractivity (Wildman–Crippen MR) is 74.8 cm³/mol. The number of aromatic nitrogens is 4. The first-order valence-corrected chi connectivity index (χ1v) is 6.39. The van der Waals surface area contributed by atoms with E-state index in [1.54, 1.807) is 0 Å². The molecule has 4 nitrogen and oxygen atoms in total. The molecule has 2 heterocycles. The van der Waals surface area contributed by atoms with E-state index in [1.165, 1.54) is 14.5 Å². The third kappa shape index (κ3) is 2.06. The van der Waals surface area contributed by atoms with E-state index in [2.05, 4.69) is 51.0 Å². The highest BCUT2D eigenvalue weighted by Gasteiger charge is 2.04. The topological polar surface area (TPSA) is 35.6 Å². The summed E-state index contributed by atoms with van der Waals surface area (Å²) in [6.45, 7) is 0.761. The van der Waals surface area contributed by atoms with Crippen molar-refractivity contribution in [1.29, 1.82) is 0 Å². The first-order chi connectivity index (χ1) is 8.22. The predicted octanol–water partition coefficient (Wildman–Crippen LogP) is 2.42. The molecule has 0 bridgehead atoms. The number of benzene rings is 1. The largest absolute Gasteiger partial charge is 0.275 e. The zero-order valence-electron chi connectivity index (χ0n) is 9.34. The van der Waals surface area contributed by atoms with Crippen LogP contribution in [0.25, 0.3) is 10.9 Å². The summed E-state index contributed by atoms with van der Waals surface area (Å²) in [6, 6.07) is 6.35. The molecule has 0 amide bonds. The minimum absolute atomic E-state index is 0.761. The van der Waals surface area contributed by atoms with E-state index in [1.807, 2.05) is 35.0 Å². The second-order valence-corrected chi connectivity index (χ2v) is 5.27. The standard InChI is InChI=1S/C12H11IN4/c1-16-7-9(5-14-16)8-17-12-4-11(13)3-2-10(12)6-15-17/h2-7H,8H2,1H3. The van der Waals surface area contributed by atoms with E-state index in [-0.39, 0.29) is 0 Å². The molecule has 0 saturated carbocycles. The Labute approximate surface area is 112 Å². The Morgan fingerprint density at radius 1 is 1.24 bits per heavy atom. The van der Waals surface area contributed by atoms with Crippen LogP contribution < -0.4 is 0 Å². The van der Waals surface area contributed by atoms with E-state index < -0.39 is 0 Å². The molecule has 0 fully saturated rings. The summed E-state index contributed by atoms with van der Waals surface area (Å²) in [5.41, 5.74) is 2.33. The SMILES string of the molecule is Cn1cc(Cn2ncc3ccc(I)cc32)cn1. The quantitative estimate of drug-likeness (QED) is 0.673. The maximum absolute atomic E-state index is 4.42. The Hall–Kier alpha value is -1.37. The van der Waals surface area contributed by atoms with E-state index in [0.29, 0.717) is 0 Å². The maximum atomic E-state index is 4.42. The van der Waals surface area contributed by atoms with Crippen molar-refractivity contribution in [1.82, 2.24) is 19.6 Å². The van der Waals surface area contributed by atoms with E-state index in [4.69, 9.17) is 0 Å². The monoisotopic (exact) mass is 338 g/mol.